The van der Waals surface area contributed by atoms with Crippen molar-refractivity contribution in [3.05, 3.63) is 35.7 Å². The number of primary amides is 1. The number of carbonyl (C=O) groups excluding carboxylic acids is 1. The number of amides is 1. The number of aromatic amines is 1. The molecule has 0 saturated heterocycles. The van der Waals surface area contributed by atoms with E-state index in [1.54, 1.807) is 6.92 Å². The van der Waals surface area contributed by atoms with Crippen LogP contribution in [0, 0.1) is 0 Å². The molecule has 0 radical (unpaired) electrons. The Kier molecular flexibility index (Phi) is 3.77. The number of nitrogens with one attached hydrogen (secondary N) is 2. The number of sulfonamides is 1. The molecule has 0 fully saturated rings. The maximum atomic E-state index is 12.1. The zero-order valence-electron chi connectivity index (χ0n) is 10.4. The van der Waals surface area contributed by atoms with Gasteiger partial charge in [0.2, 0.25) is 15.9 Å². The lowest BCUT2D eigenvalue weighted by Gasteiger charge is -2.10. The lowest BCUT2D eigenvalue weighted by Crippen LogP contribution is -2.27. The van der Waals surface area contributed by atoms with E-state index < -0.39 is 22.0 Å². The van der Waals surface area contributed by atoms with Crippen LogP contribution in [-0.2, 0) is 10.0 Å². The fraction of sp³-hybridized carbons (Fsp3) is 0.200. The highest BCUT2D eigenvalue weighted by Gasteiger charge is 2.20. The third kappa shape index (κ3) is 2.97. The topological polar surface area (TPSA) is 144 Å². The smallest absolute Gasteiger partial charge is 0.248 e. The van der Waals surface area contributed by atoms with Crippen molar-refractivity contribution in [2.75, 3.05) is 0 Å². The van der Waals surface area contributed by atoms with Crippen LogP contribution in [0.15, 0.2) is 29.2 Å². The van der Waals surface area contributed by atoms with Crippen molar-refractivity contribution in [3.63, 3.8) is 0 Å². The average Bonchev–Trinajstić information content (AvgIpc) is 2.92. The molecule has 0 spiro atoms. The van der Waals surface area contributed by atoms with Crippen LogP contribution < -0.4 is 10.5 Å². The summed E-state index contributed by atoms with van der Waals surface area (Å²) in [5, 5.41) is 13.0. The minimum absolute atomic E-state index is 0.0119. The Morgan fingerprint density at radius 1 is 1.35 bits per heavy atom. The van der Waals surface area contributed by atoms with Gasteiger partial charge in [0.1, 0.15) is 0 Å². The van der Waals surface area contributed by atoms with Crippen molar-refractivity contribution in [1.29, 1.82) is 0 Å². The molecule has 0 bridgehead atoms. The second kappa shape index (κ2) is 5.35. The predicted octanol–water partition coefficient (Wildman–Crippen LogP) is -0.662. The van der Waals surface area contributed by atoms with E-state index in [4.69, 9.17) is 5.73 Å². The van der Waals surface area contributed by atoms with E-state index in [1.807, 2.05) is 0 Å². The molecule has 1 amide bonds. The first-order chi connectivity index (χ1) is 9.40. The van der Waals surface area contributed by atoms with Crippen molar-refractivity contribution >= 4 is 15.9 Å². The molecule has 20 heavy (non-hydrogen) atoms. The van der Waals surface area contributed by atoms with Crippen molar-refractivity contribution in [2.45, 2.75) is 17.9 Å². The van der Waals surface area contributed by atoms with E-state index in [0.717, 1.165) is 0 Å². The van der Waals surface area contributed by atoms with Crippen LogP contribution >= 0.6 is 0 Å². The number of hydrogen-bond donors (Lipinski definition) is 3. The quantitative estimate of drug-likeness (QED) is 0.668. The van der Waals surface area contributed by atoms with Gasteiger partial charge < -0.3 is 5.73 Å². The summed E-state index contributed by atoms with van der Waals surface area (Å²) in [4.78, 5) is 10.9. The van der Waals surface area contributed by atoms with Gasteiger partial charge in [0, 0.05) is 5.56 Å². The third-order valence-corrected chi connectivity index (χ3v) is 4.09. The molecule has 9 nitrogen and oxygen atoms in total. The molecule has 10 heteroatoms. The monoisotopic (exact) mass is 296 g/mol. The second-order valence-corrected chi connectivity index (χ2v) is 5.72. The molecule has 1 heterocycles. The van der Waals surface area contributed by atoms with Gasteiger partial charge in [-0.2, -0.15) is 5.21 Å². The van der Waals surface area contributed by atoms with Gasteiger partial charge in [0.05, 0.1) is 10.9 Å². The number of nitrogens with two attached hydrogens (primary N) is 1. The van der Waals surface area contributed by atoms with Crippen LogP contribution in [0.4, 0.5) is 0 Å². The molecule has 1 aromatic carbocycles. The lowest BCUT2D eigenvalue weighted by molar-refractivity contribution is 0.1000. The van der Waals surface area contributed by atoms with E-state index in [9.17, 15) is 13.2 Å². The summed E-state index contributed by atoms with van der Waals surface area (Å²) in [7, 11) is -3.75. The molecule has 1 unspecified atom stereocenters. The first kappa shape index (κ1) is 14.1. The highest BCUT2D eigenvalue weighted by Crippen LogP contribution is 2.14. The molecular weight excluding hydrogens is 284 g/mol. The molecular formula is C10H12N6O3S. The summed E-state index contributed by atoms with van der Waals surface area (Å²) in [5.41, 5.74) is 5.32. The summed E-state index contributed by atoms with van der Waals surface area (Å²) >= 11 is 0. The molecule has 0 aliphatic rings. The largest absolute Gasteiger partial charge is 0.366 e. The van der Waals surface area contributed by atoms with Crippen molar-refractivity contribution in [3.8, 4) is 0 Å². The van der Waals surface area contributed by atoms with Crippen molar-refractivity contribution in [2.24, 2.45) is 5.73 Å². The zero-order chi connectivity index (χ0) is 14.8. The van der Waals surface area contributed by atoms with Crippen LogP contribution in [0.25, 0.3) is 0 Å². The van der Waals surface area contributed by atoms with E-state index >= 15 is 0 Å². The number of rotatable bonds is 5. The standard InChI is InChI=1S/C10H12N6O3S/c1-6(10-12-15-16-13-10)14-20(18,19)8-4-2-7(3-5-8)9(11)17/h2-6,14H,1H3,(H2,11,17)(H,12,13,15,16). The Hall–Kier alpha value is -2.33. The number of tetrazole rings is 1. The summed E-state index contributed by atoms with van der Waals surface area (Å²) in [6.07, 6.45) is 0. The van der Waals surface area contributed by atoms with Crippen LogP contribution in [0.1, 0.15) is 29.1 Å². The van der Waals surface area contributed by atoms with Crippen LogP contribution in [-0.4, -0.2) is 34.9 Å². The van der Waals surface area contributed by atoms with Crippen LogP contribution in [0.2, 0.25) is 0 Å². The van der Waals surface area contributed by atoms with Gasteiger partial charge >= 0.3 is 0 Å². The number of H-pyrrole nitrogens is 1. The lowest BCUT2D eigenvalue weighted by atomic mass is 10.2. The molecule has 1 aromatic heterocycles. The van der Waals surface area contributed by atoms with Gasteiger partial charge in [-0.3, -0.25) is 4.79 Å². The SMILES string of the molecule is CC(NS(=O)(=O)c1ccc(C(N)=O)cc1)c1nn[nH]n1. The maximum Gasteiger partial charge on any atom is 0.248 e. The Bertz CT molecular complexity index is 695. The fourth-order valence-electron chi connectivity index (χ4n) is 1.50. The first-order valence-corrected chi connectivity index (χ1v) is 7.04. The van der Waals surface area contributed by atoms with Crippen LogP contribution in [0.3, 0.4) is 0 Å². The minimum Gasteiger partial charge on any atom is -0.366 e. The molecule has 2 aromatic rings. The highest BCUT2D eigenvalue weighted by molar-refractivity contribution is 7.89. The van der Waals surface area contributed by atoms with E-state index in [2.05, 4.69) is 25.3 Å². The van der Waals surface area contributed by atoms with Gasteiger partial charge in [-0.25, -0.2) is 13.1 Å². The fourth-order valence-corrected chi connectivity index (χ4v) is 2.71. The highest BCUT2D eigenvalue weighted by atomic mass is 32.2. The molecule has 0 aliphatic heterocycles. The molecule has 0 aliphatic carbocycles. The number of benzene rings is 1. The zero-order valence-corrected chi connectivity index (χ0v) is 11.3. The predicted molar refractivity (Wildman–Crippen MR) is 67.9 cm³/mol. The normalized spacial score (nSPS) is 13.1. The molecule has 0 saturated carbocycles. The average molecular weight is 296 g/mol. The Balaban J connectivity index is 2.20. The van der Waals surface area contributed by atoms with Crippen LogP contribution in [0.5, 0.6) is 0 Å². The Morgan fingerprint density at radius 2 is 2.00 bits per heavy atom. The Morgan fingerprint density at radius 3 is 2.50 bits per heavy atom. The maximum absolute atomic E-state index is 12.1. The van der Waals surface area contributed by atoms with Gasteiger partial charge in [-0.15, -0.1) is 10.2 Å². The van der Waals surface area contributed by atoms with E-state index in [1.165, 1.54) is 24.3 Å². The number of nitrogens with zero attached hydrogens (tertiary/aromatic N) is 3. The summed E-state index contributed by atoms with van der Waals surface area (Å²) in [6.45, 7) is 1.58. The molecule has 4 N–H and O–H groups in total. The molecule has 1 atom stereocenters. The third-order valence-electron chi connectivity index (χ3n) is 2.53. The minimum atomic E-state index is -3.75. The van der Waals surface area contributed by atoms with Gasteiger partial charge in [0.15, 0.2) is 5.82 Å². The van der Waals surface area contributed by atoms with Gasteiger partial charge in [0.25, 0.3) is 0 Å². The summed E-state index contributed by atoms with van der Waals surface area (Å²) in [5.74, 6) is -0.399. The number of aromatic nitrogens is 4. The second-order valence-electron chi connectivity index (χ2n) is 4.00. The first-order valence-electron chi connectivity index (χ1n) is 5.55. The number of hydrogen-bond acceptors (Lipinski definition) is 6. The van der Waals surface area contributed by atoms with E-state index in [0.29, 0.717) is 0 Å². The summed E-state index contributed by atoms with van der Waals surface area (Å²) < 4.78 is 26.6. The van der Waals surface area contributed by atoms with Crippen molar-refractivity contribution < 1.29 is 13.2 Å². The van der Waals surface area contributed by atoms with E-state index in [-0.39, 0.29) is 16.3 Å². The van der Waals surface area contributed by atoms with Gasteiger partial charge in [-0.1, -0.05) is 5.21 Å². The molecule has 106 valence electrons. The molecule has 2 rings (SSSR count). The summed E-state index contributed by atoms with van der Waals surface area (Å²) in [6, 6.07) is 4.64. The Labute approximate surface area is 114 Å². The van der Waals surface area contributed by atoms with Crippen molar-refractivity contribution in [1.82, 2.24) is 25.3 Å². The van der Waals surface area contributed by atoms with Gasteiger partial charge in [-0.05, 0) is 31.2 Å². The number of carbonyl (C=O) groups is 1.